The Morgan fingerprint density at radius 2 is 2.06 bits per heavy atom. The highest BCUT2D eigenvalue weighted by molar-refractivity contribution is 5.70. The molecule has 0 bridgehead atoms. The van der Waals surface area contributed by atoms with Gasteiger partial charge in [0.1, 0.15) is 0 Å². The molecule has 17 heavy (non-hydrogen) atoms. The lowest BCUT2D eigenvalue weighted by atomic mass is 9.98. The second-order valence-corrected chi connectivity index (χ2v) is 3.75. The maximum atomic E-state index is 11.3. The Morgan fingerprint density at radius 1 is 1.35 bits per heavy atom. The molecule has 0 amide bonds. The van der Waals surface area contributed by atoms with Crippen molar-refractivity contribution in [1.82, 2.24) is 5.32 Å². The van der Waals surface area contributed by atoms with E-state index in [0.29, 0.717) is 13.0 Å². The van der Waals surface area contributed by atoms with Crippen LogP contribution >= 0.6 is 0 Å². The van der Waals surface area contributed by atoms with Crippen LogP contribution in [0.2, 0.25) is 0 Å². The van der Waals surface area contributed by atoms with Gasteiger partial charge in [0.2, 0.25) is 0 Å². The van der Waals surface area contributed by atoms with Crippen LogP contribution in [-0.4, -0.2) is 27.2 Å². The molecule has 0 saturated carbocycles. The second kappa shape index (κ2) is 7.04. The van der Waals surface area contributed by atoms with Crippen molar-refractivity contribution in [1.29, 1.82) is 0 Å². The first-order chi connectivity index (χ1) is 8.22. The fourth-order valence-electron chi connectivity index (χ4n) is 1.78. The van der Waals surface area contributed by atoms with Gasteiger partial charge in [0, 0.05) is 13.2 Å². The van der Waals surface area contributed by atoms with Crippen molar-refractivity contribution in [2.45, 2.75) is 19.1 Å². The summed E-state index contributed by atoms with van der Waals surface area (Å²) in [6.07, 6.45) is 0.313. The molecule has 4 nitrogen and oxygen atoms in total. The van der Waals surface area contributed by atoms with Gasteiger partial charge in [-0.1, -0.05) is 24.3 Å². The minimum atomic E-state index is -0.225. The molecule has 1 aromatic carbocycles. The fourth-order valence-corrected chi connectivity index (χ4v) is 1.78. The second-order valence-electron chi connectivity index (χ2n) is 3.75. The lowest BCUT2D eigenvalue weighted by molar-refractivity contribution is -0.141. The highest BCUT2D eigenvalue weighted by Crippen LogP contribution is 2.21. The molecular weight excluding hydrogens is 218 g/mol. The van der Waals surface area contributed by atoms with E-state index in [1.165, 1.54) is 7.11 Å². The summed E-state index contributed by atoms with van der Waals surface area (Å²) in [5, 5.41) is 3.13. The quantitative estimate of drug-likeness (QED) is 0.764. The SMILES string of the molecule is CNC(CC(=O)OC)c1ccccc1COC. The highest BCUT2D eigenvalue weighted by atomic mass is 16.5. The maximum Gasteiger partial charge on any atom is 0.307 e. The molecule has 1 rings (SSSR count). The van der Waals surface area contributed by atoms with Crippen molar-refractivity contribution < 1.29 is 14.3 Å². The molecule has 1 atom stereocenters. The molecule has 0 aliphatic carbocycles. The monoisotopic (exact) mass is 237 g/mol. The third-order valence-corrected chi connectivity index (χ3v) is 2.68. The van der Waals surface area contributed by atoms with E-state index < -0.39 is 0 Å². The van der Waals surface area contributed by atoms with E-state index in [1.54, 1.807) is 7.11 Å². The predicted molar refractivity (Wildman–Crippen MR) is 65.6 cm³/mol. The first-order valence-corrected chi connectivity index (χ1v) is 5.53. The van der Waals surface area contributed by atoms with E-state index in [9.17, 15) is 4.79 Å². The van der Waals surface area contributed by atoms with E-state index in [-0.39, 0.29) is 12.0 Å². The third-order valence-electron chi connectivity index (χ3n) is 2.68. The smallest absolute Gasteiger partial charge is 0.307 e. The van der Waals surface area contributed by atoms with Crippen molar-refractivity contribution in [3.8, 4) is 0 Å². The lowest BCUT2D eigenvalue weighted by Gasteiger charge is -2.18. The van der Waals surface area contributed by atoms with Gasteiger partial charge in [-0.05, 0) is 18.2 Å². The zero-order valence-corrected chi connectivity index (χ0v) is 10.5. The summed E-state index contributed by atoms with van der Waals surface area (Å²) in [6, 6.07) is 7.87. The number of carbonyl (C=O) groups excluding carboxylic acids is 1. The highest BCUT2D eigenvalue weighted by Gasteiger charge is 2.17. The summed E-state index contributed by atoms with van der Waals surface area (Å²) >= 11 is 0. The summed E-state index contributed by atoms with van der Waals surface area (Å²) in [4.78, 5) is 11.3. The number of nitrogens with one attached hydrogen (secondary N) is 1. The minimum absolute atomic E-state index is 0.0474. The van der Waals surface area contributed by atoms with Crippen LogP contribution in [-0.2, 0) is 20.9 Å². The van der Waals surface area contributed by atoms with Gasteiger partial charge < -0.3 is 14.8 Å². The normalized spacial score (nSPS) is 12.2. The van der Waals surface area contributed by atoms with Gasteiger partial charge in [-0.25, -0.2) is 0 Å². The van der Waals surface area contributed by atoms with Crippen LogP contribution in [0.3, 0.4) is 0 Å². The maximum absolute atomic E-state index is 11.3. The van der Waals surface area contributed by atoms with Crippen molar-refractivity contribution in [2.24, 2.45) is 0 Å². The molecule has 94 valence electrons. The van der Waals surface area contributed by atoms with Gasteiger partial charge in [0.05, 0.1) is 20.1 Å². The molecule has 0 saturated heterocycles. The van der Waals surface area contributed by atoms with Crippen molar-refractivity contribution >= 4 is 5.97 Å². The number of rotatable bonds is 6. The molecule has 0 radical (unpaired) electrons. The molecule has 1 unspecified atom stereocenters. The molecule has 1 N–H and O–H groups in total. The van der Waals surface area contributed by atoms with Crippen molar-refractivity contribution in [3.05, 3.63) is 35.4 Å². The number of methoxy groups -OCH3 is 2. The van der Waals surface area contributed by atoms with Crippen LogP contribution in [0.15, 0.2) is 24.3 Å². The van der Waals surface area contributed by atoms with Gasteiger partial charge >= 0.3 is 5.97 Å². The van der Waals surface area contributed by atoms with E-state index in [4.69, 9.17) is 9.47 Å². The first kappa shape index (κ1) is 13.7. The molecule has 4 heteroatoms. The Hall–Kier alpha value is -1.39. The van der Waals surface area contributed by atoms with Crippen LogP contribution in [0, 0.1) is 0 Å². The Balaban J connectivity index is 2.90. The van der Waals surface area contributed by atoms with Crippen LogP contribution in [0.4, 0.5) is 0 Å². The fraction of sp³-hybridized carbons (Fsp3) is 0.462. The molecule has 0 aromatic heterocycles. The van der Waals surface area contributed by atoms with Crippen LogP contribution < -0.4 is 5.32 Å². The van der Waals surface area contributed by atoms with Crippen molar-refractivity contribution in [2.75, 3.05) is 21.3 Å². The first-order valence-electron chi connectivity index (χ1n) is 5.53. The number of hydrogen-bond acceptors (Lipinski definition) is 4. The van der Waals surface area contributed by atoms with Crippen LogP contribution in [0.25, 0.3) is 0 Å². The van der Waals surface area contributed by atoms with E-state index in [0.717, 1.165) is 11.1 Å². The number of esters is 1. The zero-order chi connectivity index (χ0) is 12.7. The summed E-state index contributed by atoms with van der Waals surface area (Å²) in [5.74, 6) is -0.225. The average Bonchev–Trinajstić information content (AvgIpc) is 2.37. The Labute approximate surface area is 102 Å². The number of carbonyl (C=O) groups is 1. The number of benzene rings is 1. The van der Waals surface area contributed by atoms with Gasteiger partial charge in [-0.2, -0.15) is 0 Å². The largest absolute Gasteiger partial charge is 0.469 e. The molecule has 0 spiro atoms. The number of hydrogen-bond donors (Lipinski definition) is 1. The van der Waals surface area contributed by atoms with Crippen LogP contribution in [0.5, 0.6) is 0 Å². The summed E-state index contributed by atoms with van der Waals surface area (Å²) in [7, 11) is 4.89. The summed E-state index contributed by atoms with van der Waals surface area (Å²) in [5.41, 5.74) is 2.15. The van der Waals surface area contributed by atoms with Gasteiger partial charge in [-0.15, -0.1) is 0 Å². The molecule has 0 fully saturated rings. The molecule has 1 aromatic rings. The average molecular weight is 237 g/mol. The van der Waals surface area contributed by atoms with E-state index >= 15 is 0 Å². The minimum Gasteiger partial charge on any atom is -0.469 e. The predicted octanol–water partition coefficient (Wildman–Crippen LogP) is 1.66. The molecule has 0 aliphatic rings. The number of ether oxygens (including phenoxy) is 2. The molecular formula is C13H19NO3. The zero-order valence-electron chi connectivity index (χ0n) is 10.5. The molecule has 0 aliphatic heterocycles. The van der Waals surface area contributed by atoms with Crippen molar-refractivity contribution in [3.63, 3.8) is 0 Å². The third kappa shape index (κ3) is 3.84. The van der Waals surface area contributed by atoms with Gasteiger partial charge in [-0.3, -0.25) is 4.79 Å². The molecule has 0 heterocycles. The van der Waals surface area contributed by atoms with E-state index in [1.807, 2.05) is 31.3 Å². The lowest BCUT2D eigenvalue weighted by Crippen LogP contribution is -2.22. The Kier molecular flexibility index (Phi) is 5.66. The van der Waals surface area contributed by atoms with E-state index in [2.05, 4.69) is 5.32 Å². The standard InChI is InChI=1S/C13H19NO3/c1-14-12(8-13(15)17-3)11-7-5-4-6-10(11)9-16-2/h4-7,12,14H,8-9H2,1-3H3. The van der Waals surface area contributed by atoms with Gasteiger partial charge in [0.25, 0.3) is 0 Å². The van der Waals surface area contributed by atoms with Gasteiger partial charge in [0.15, 0.2) is 0 Å². The van der Waals surface area contributed by atoms with Crippen LogP contribution in [0.1, 0.15) is 23.6 Å². The summed E-state index contributed by atoms with van der Waals surface area (Å²) < 4.78 is 9.84. The topological polar surface area (TPSA) is 47.6 Å². The Bertz CT molecular complexity index is 365. The Morgan fingerprint density at radius 3 is 2.65 bits per heavy atom. The summed E-state index contributed by atoms with van der Waals surface area (Å²) in [6.45, 7) is 0.537.